The van der Waals surface area contributed by atoms with Crippen LogP contribution < -0.4 is 55.0 Å². The van der Waals surface area contributed by atoms with Gasteiger partial charge in [0.15, 0.2) is 0 Å². The summed E-state index contributed by atoms with van der Waals surface area (Å²) in [5.74, 6) is 0. The summed E-state index contributed by atoms with van der Waals surface area (Å²) in [7, 11) is -14.5. The molecule has 0 heterocycles. The monoisotopic (exact) mass is 732 g/mol. The SMILES string of the molecule is O=[Si]([O-])[O-].O=[Si]([O-])[O-].O=[Si]([O-])[O-].O=[Si]([O-])[O-].[Ca+2].[Ca+2].[Ca+2].[Mg+2].[Mg+2].[Mg+2].[O]=[Al][O-].[O]=[Al][O-].[O]=[Al][O-].[O]=[Al][O-]. The summed E-state index contributed by atoms with van der Waals surface area (Å²) in [6.07, 6.45) is 0. The van der Waals surface area contributed by atoms with Crippen molar-refractivity contribution >= 4 is 281 Å². The van der Waals surface area contributed by atoms with Crippen molar-refractivity contribution in [3.05, 3.63) is 0 Å². The molecule has 0 amide bonds. The molecule has 0 saturated heterocycles. The maximum atomic E-state index is 8.52. The molecule has 0 aliphatic carbocycles. The topological polar surface area (TPSA) is 413 Å². The average molecular weight is 733 g/mol. The Morgan fingerprint density at radius 1 is 0.353 bits per heavy atom. The van der Waals surface area contributed by atoms with E-state index in [1.54, 1.807) is 0 Å². The quantitative estimate of drug-likeness (QED) is 0.208. The second kappa shape index (κ2) is 118. The maximum absolute atomic E-state index is 8.52. The second-order valence-electron chi connectivity index (χ2n) is 1.38. The zero-order valence-corrected chi connectivity index (χ0v) is 36.2. The molecule has 0 radical (unpaired) electrons. The molecule has 0 saturated carbocycles. The Morgan fingerprint density at radius 2 is 0.353 bits per heavy atom. The molecular formula is Al4Ca3Mg3O20Si4. The molecule has 34 heteroatoms. The molecule has 0 aliphatic heterocycles. The van der Waals surface area contributed by atoms with Gasteiger partial charge in [0, 0.05) is 36.7 Å². The molecule has 0 aromatic heterocycles. The fraction of sp³-hybridized carbons (Fsp3) is 0. The van der Waals surface area contributed by atoms with Gasteiger partial charge in [0.1, 0.15) is 0 Å². The van der Waals surface area contributed by atoms with E-state index >= 15 is 0 Å². The molecule has 0 unspecified atom stereocenters. The predicted molar refractivity (Wildman–Crippen MR) is 86.0 cm³/mol. The van der Waals surface area contributed by atoms with Gasteiger partial charge in [0.25, 0.3) is 0 Å². The van der Waals surface area contributed by atoms with Crippen LogP contribution in [-0.4, -0.2) is 281 Å². The van der Waals surface area contributed by atoms with Crippen LogP contribution in [0.2, 0.25) is 0 Å². The Bertz CT molecular complexity index is 321. The van der Waals surface area contributed by atoms with Crippen LogP contribution >= 0.6 is 0 Å². The van der Waals surface area contributed by atoms with E-state index in [9.17, 15) is 0 Å². The first-order valence-electron chi connectivity index (χ1n) is 4.34. The molecule has 0 aliphatic rings. The van der Waals surface area contributed by atoms with E-state index in [1.807, 2.05) is 0 Å². The van der Waals surface area contributed by atoms with E-state index in [2.05, 4.69) is 0 Å². The van der Waals surface area contributed by atoms with Crippen LogP contribution in [0.4, 0.5) is 0 Å². The van der Waals surface area contributed by atoms with Crippen LogP contribution in [0, 0.1) is 0 Å². The van der Waals surface area contributed by atoms with Gasteiger partial charge in [0.05, 0.1) is 0 Å². The zero-order chi connectivity index (χ0) is 25.1. The fourth-order valence-corrected chi connectivity index (χ4v) is 0. The second-order valence-corrected chi connectivity index (χ2v) is 4.15. The Labute approximate surface area is 361 Å². The molecule has 0 aromatic carbocycles. The van der Waals surface area contributed by atoms with E-state index in [4.69, 9.17) is 88.1 Å². The normalized spacial score (nSPS) is 3.76. The summed E-state index contributed by atoms with van der Waals surface area (Å²) in [5, 5.41) is 0. The molecule has 0 N–H and O–H groups in total. The van der Waals surface area contributed by atoms with Gasteiger partial charge in [-0.1, -0.05) is 0 Å². The Kier molecular flexibility index (Phi) is 312. The first-order valence-corrected chi connectivity index (χ1v) is 13.0. The third kappa shape index (κ3) is 1870. The van der Waals surface area contributed by atoms with Crippen molar-refractivity contribution in [2.24, 2.45) is 0 Å². The van der Waals surface area contributed by atoms with Crippen LogP contribution in [0.3, 0.4) is 0 Å². The number of hydrogen-bond acceptors (Lipinski definition) is 20. The van der Waals surface area contributed by atoms with Gasteiger partial charge in [-0.25, -0.2) is 0 Å². The van der Waals surface area contributed by atoms with Gasteiger partial charge >= 0.3 is 276 Å². The average Bonchev–Trinajstić information content (AvgIpc) is 2.38. The Morgan fingerprint density at radius 3 is 0.353 bits per heavy atom. The molecule has 0 atom stereocenters. The minimum atomic E-state index is -3.63. The van der Waals surface area contributed by atoms with Crippen LogP contribution in [0.25, 0.3) is 0 Å². The fourth-order valence-electron chi connectivity index (χ4n) is 0. The molecule has 0 bridgehead atoms. The third-order valence-corrected chi connectivity index (χ3v) is 0. The third-order valence-electron chi connectivity index (χ3n) is 0. The Balaban J connectivity index is -0.0000000110. The predicted octanol–water partition coefficient (Wildman–Crippen LogP) is -20.5. The Hall–Kier alpha value is 5.08. The van der Waals surface area contributed by atoms with E-state index in [0.29, 0.717) is 0 Å². The molecule has 0 spiro atoms. The first kappa shape index (κ1) is 90.1. The van der Waals surface area contributed by atoms with E-state index < -0.39 is 98.6 Å². The van der Waals surface area contributed by atoms with Crippen molar-refractivity contribution in [1.82, 2.24) is 0 Å². The van der Waals surface area contributed by atoms with E-state index in [-0.39, 0.29) is 182 Å². The van der Waals surface area contributed by atoms with Gasteiger partial charge < -0.3 is 56.2 Å². The number of rotatable bonds is 0. The van der Waals surface area contributed by atoms with Gasteiger partial charge in [-0.3, -0.25) is 0 Å². The van der Waals surface area contributed by atoms with Crippen molar-refractivity contribution in [1.29, 1.82) is 0 Å². The van der Waals surface area contributed by atoms with Crippen molar-refractivity contribution in [2.75, 3.05) is 0 Å². The van der Waals surface area contributed by atoms with Crippen molar-refractivity contribution in [3.8, 4) is 0 Å². The van der Waals surface area contributed by atoms with Gasteiger partial charge in [-0.15, -0.1) is 0 Å². The summed E-state index contributed by atoms with van der Waals surface area (Å²) < 4.78 is 102. The summed E-state index contributed by atoms with van der Waals surface area (Å²) in [6.45, 7) is 0. The molecule has 34 heavy (non-hydrogen) atoms. The summed E-state index contributed by atoms with van der Waals surface area (Å²) in [6, 6.07) is 0. The summed E-state index contributed by atoms with van der Waals surface area (Å²) in [4.78, 5) is 68.1. The minimum absolute atomic E-state index is 0. The molecule has 20 nitrogen and oxygen atoms in total. The van der Waals surface area contributed by atoms with E-state index in [1.165, 1.54) is 0 Å². The van der Waals surface area contributed by atoms with Gasteiger partial charge in [0.2, 0.25) is 0 Å². The van der Waals surface area contributed by atoms with E-state index in [0.717, 1.165) is 0 Å². The number of hydrogen-bond donors (Lipinski definition) is 0. The summed E-state index contributed by atoms with van der Waals surface area (Å²) >= 11 is -7.00. The zero-order valence-electron chi connectivity index (χ0n) is 16.7. The van der Waals surface area contributed by atoms with Crippen molar-refractivity contribution < 1.29 is 88.1 Å². The van der Waals surface area contributed by atoms with Crippen molar-refractivity contribution in [2.45, 2.75) is 0 Å². The molecular weight excluding hydrogens is 733 g/mol. The van der Waals surface area contributed by atoms with Gasteiger partial charge in [-0.2, -0.15) is 0 Å². The van der Waals surface area contributed by atoms with Crippen LogP contribution in [0.15, 0.2) is 0 Å². The molecule has 0 fully saturated rings. The summed E-state index contributed by atoms with van der Waals surface area (Å²) in [5.41, 5.74) is 0. The van der Waals surface area contributed by atoms with Crippen molar-refractivity contribution in [3.63, 3.8) is 0 Å². The molecule has 160 valence electrons. The van der Waals surface area contributed by atoms with Crippen LogP contribution in [-0.2, 0) is 33.1 Å². The molecule has 0 rings (SSSR count). The van der Waals surface area contributed by atoms with Crippen LogP contribution in [0.1, 0.15) is 0 Å². The molecule has 0 aromatic rings. The standard InChI is InChI=1S/4Al.3Ca.3Mg.4O3Si.8O/c;;;;;;;;;;4*1-4(2)3;;;;;;;;/q;;;;6*+2;4*-2;;;;;4*-1. The first-order chi connectivity index (χ1) is 12.6. The van der Waals surface area contributed by atoms with Crippen LogP contribution in [0.5, 0.6) is 0 Å². The van der Waals surface area contributed by atoms with Gasteiger partial charge in [-0.05, 0) is 0 Å².